The average Bonchev–Trinajstić information content (AvgIpc) is 3.60. The number of carbonyl (C=O) groups excluding carboxylic acids is 1. The molecule has 5 N–H and O–H groups in total. The van der Waals surface area contributed by atoms with Crippen molar-refractivity contribution < 1.29 is 34.0 Å². The summed E-state index contributed by atoms with van der Waals surface area (Å²) in [6.45, 7) is 1.90. The van der Waals surface area contributed by atoms with Crippen LogP contribution in [0.15, 0.2) is 60.8 Å². The van der Waals surface area contributed by atoms with Crippen molar-refractivity contribution in [3.63, 3.8) is 0 Å². The first kappa shape index (κ1) is 33.0. The molecule has 10 nitrogen and oxygen atoms in total. The maximum atomic E-state index is 12.2. The van der Waals surface area contributed by atoms with Gasteiger partial charge in [0.1, 0.15) is 42.4 Å². The first-order valence-corrected chi connectivity index (χ1v) is 17.6. The van der Waals surface area contributed by atoms with Crippen LogP contribution in [0.2, 0.25) is 0 Å². The van der Waals surface area contributed by atoms with Crippen LogP contribution in [0.1, 0.15) is 71.6 Å². The Kier molecular flexibility index (Phi) is 8.29. The molecule has 8 rings (SSSR count). The third-order valence-corrected chi connectivity index (χ3v) is 11.3. The number of likely N-dealkylation sites (N-methyl/N-ethyl adjacent to an activating group) is 1. The van der Waals surface area contributed by atoms with Crippen molar-refractivity contribution in [2.75, 3.05) is 33.1 Å². The Labute approximate surface area is 297 Å². The molecule has 1 saturated carbocycles. The van der Waals surface area contributed by atoms with Crippen LogP contribution in [-0.4, -0.2) is 54.6 Å². The van der Waals surface area contributed by atoms with E-state index in [4.69, 9.17) is 24.7 Å². The smallest absolute Gasteiger partial charge is 0.302 e. The number of hydrogen-bond donors (Lipinski definition) is 4. The molecule has 4 aromatic rings. The Balaban J connectivity index is 1.28. The van der Waals surface area contributed by atoms with Crippen molar-refractivity contribution in [2.24, 2.45) is 5.92 Å². The number of fused-ring (bicyclic) bond motifs is 7. The van der Waals surface area contributed by atoms with Gasteiger partial charge in [0.15, 0.2) is 11.5 Å². The van der Waals surface area contributed by atoms with Gasteiger partial charge in [0.05, 0.1) is 19.1 Å². The number of aromatic hydroxyl groups is 2. The Morgan fingerprint density at radius 2 is 1.96 bits per heavy atom. The van der Waals surface area contributed by atoms with Crippen LogP contribution in [0.25, 0.3) is 17.2 Å². The number of benzene rings is 3. The summed E-state index contributed by atoms with van der Waals surface area (Å²) in [5.74, 6) is 2.26. The van der Waals surface area contributed by atoms with E-state index in [0.717, 1.165) is 75.9 Å². The van der Waals surface area contributed by atoms with E-state index in [1.54, 1.807) is 19.2 Å². The van der Waals surface area contributed by atoms with Gasteiger partial charge in [-0.1, -0.05) is 36.4 Å². The van der Waals surface area contributed by atoms with Gasteiger partial charge in [-0.15, -0.1) is 0 Å². The summed E-state index contributed by atoms with van der Waals surface area (Å²) in [6.07, 6.45) is 9.81. The second-order valence-corrected chi connectivity index (χ2v) is 14.4. The molecule has 3 aromatic carbocycles. The number of phenolic OH excluding ortho intramolecular Hbond substituents is 2. The molecule has 264 valence electrons. The third kappa shape index (κ3) is 5.71. The van der Waals surface area contributed by atoms with E-state index in [9.17, 15) is 15.0 Å². The highest BCUT2D eigenvalue weighted by Crippen LogP contribution is 2.62. The molecule has 0 amide bonds. The summed E-state index contributed by atoms with van der Waals surface area (Å²) in [7, 11) is 3.50. The van der Waals surface area contributed by atoms with Gasteiger partial charge in [-0.05, 0) is 80.0 Å². The van der Waals surface area contributed by atoms with Crippen LogP contribution < -0.4 is 25.3 Å². The molecular formula is C41H43N3O7. The quantitative estimate of drug-likeness (QED) is 0.162. The lowest BCUT2D eigenvalue weighted by Gasteiger charge is -2.39. The minimum Gasteiger partial charge on any atom is -0.508 e. The lowest BCUT2D eigenvalue weighted by atomic mass is 9.65. The van der Waals surface area contributed by atoms with Crippen LogP contribution in [0.3, 0.4) is 0 Å². The van der Waals surface area contributed by atoms with Crippen LogP contribution in [0.5, 0.6) is 28.7 Å². The molecule has 0 saturated heterocycles. The Morgan fingerprint density at radius 1 is 1.12 bits per heavy atom. The summed E-state index contributed by atoms with van der Waals surface area (Å²) < 4.78 is 25.0. The maximum Gasteiger partial charge on any atom is 0.302 e. The van der Waals surface area contributed by atoms with Gasteiger partial charge in [-0.2, -0.15) is 0 Å². The number of nitrogens with one attached hydrogen (secondary N) is 1. The zero-order valence-electron chi connectivity index (χ0n) is 29.1. The van der Waals surface area contributed by atoms with E-state index in [2.05, 4.69) is 28.5 Å². The van der Waals surface area contributed by atoms with E-state index in [0.29, 0.717) is 36.3 Å². The molecule has 5 atom stereocenters. The van der Waals surface area contributed by atoms with Gasteiger partial charge in [0, 0.05) is 52.4 Å². The molecule has 3 heterocycles. The van der Waals surface area contributed by atoms with E-state index in [-0.39, 0.29) is 41.4 Å². The molecule has 2 aliphatic heterocycles. The van der Waals surface area contributed by atoms with Crippen molar-refractivity contribution in [3.05, 3.63) is 94.2 Å². The number of ether oxygens (including phenoxy) is 4. The number of phenols is 2. The summed E-state index contributed by atoms with van der Waals surface area (Å²) in [4.78, 5) is 16.6. The van der Waals surface area contributed by atoms with Crippen LogP contribution >= 0.6 is 0 Å². The molecule has 1 fully saturated rings. The number of pyridine rings is 1. The minimum atomic E-state index is -0.530. The molecule has 51 heavy (non-hydrogen) atoms. The number of hydrogen-bond acceptors (Lipinski definition) is 10. The number of methoxy groups -OCH3 is 1. The van der Waals surface area contributed by atoms with E-state index in [1.165, 1.54) is 6.92 Å². The predicted octanol–water partition coefficient (Wildman–Crippen LogP) is 6.36. The fourth-order valence-corrected chi connectivity index (χ4v) is 8.99. The highest BCUT2D eigenvalue weighted by Gasteiger charge is 2.50. The number of esters is 1. The van der Waals surface area contributed by atoms with Crippen molar-refractivity contribution in [3.8, 4) is 39.9 Å². The van der Waals surface area contributed by atoms with Crippen LogP contribution in [-0.2, 0) is 27.8 Å². The molecule has 1 spiro atoms. The van der Waals surface area contributed by atoms with Gasteiger partial charge in [-0.3, -0.25) is 4.79 Å². The standard InChI is InChI=1S/C41H43N3O7/c1-22(45)49-21-32-30-7-8-31-36-25(15-27(46)16-34(36)48-3)18-41(13-12-23(17-41)14-24-4-11-35(42)44-19-24)37(31)40(30)51-38(32)28-9-10-33(47)39-29(28)6-5-26(43-2)20-50-39/h4-11,15-16,19,23,26,32,38,43,46-47H,12-14,17-18,20-21H2,1-3H3,(H2,42,44)/t23-,26+,32+,38-,41+/m1/s1. The van der Waals surface area contributed by atoms with E-state index in [1.807, 2.05) is 43.6 Å². The summed E-state index contributed by atoms with van der Waals surface area (Å²) >= 11 is 0. The SMILES string of the molecule is CN[C@H]1C=Cc2c([C@H]3Oc4c(ccc5c4[C@]4(CC[C@H](Cc6ccc(N)nc6)C4)Cc4cc(O)cc(OC)c4-5)[C@@H]3COC(C)=O)ccc(O)c2OC1. The number of aromatic nitrogens is 1. The Bertz CT molecular complexity index is 2040. The average molecular weight is 690 g/mol. The fraction of sp³-hybridized carbons (Fsp3) is 0.366. The van der Waals surface area contributed by atoms with Gasteiger partial charge in [0.2, 0.25) is 0 Å². The second-order valence-electron chi connectivity index (χ2n) is 14.4. The number of nitrogens with zero attached hydrogens (tertiary/aromatic N) is 1. The molecule has 0 bridgehead atoms. The second kappa shape index (κ2) is 12.8. The normalized spacial score (nSPS) is 24.1. The number of carbonyl (C=O) groups is 1. The van der Waals surface area contributed by atoms with Crippen molar-refractivity contribution in [2.45, 2.75) is 62.5 Å². The molecule has 0 unspecified atom stereocenters. The van der Waals surface area contributed by atoms with Crippen molar-refractivity contribution in [1.29, 1.82) is 0 Å². The first-order chi connectivity index (χ1) is 24.7. The monoisotopic (exact) mass is 689 g/mol. The van der Waals surface area contributed by atoms with Crippen LogP contribution in [0, 0.1) is 5.92 Å². The Hall–Kier alpha value is -5.22. The summed E-state index contributed by atoms with van der Waals surface area (Å²) in [5, 5.41) is 24.9. The molecule has 1 aromatic heterocycles. The lowest BCUT2D eigenvalue weighted by molar-refractivity contribution is -0.141. The predicted molar refractivity (Wildman–Crippen MR) is 193 cm³/mol. The van der Waals surface area contributed by atoms with Gasteiger partial charge >= 0.3 is 5.97 Å². The van der Waals surface area contributed by atoms with E-state index < -0.39 is 6.10 Å². The molecule has 4 aliphatic rings. The molecule has 10 heteroatoms. The number of rotatable bonds is 7. The van der Waals surface area contributed by atoms with Gasteiger partial charge in [0.25, 0.3) is 0 Å². The number of anilines is 1. The highest BCUT2D eigenvalue weighted by atomic mass is 16.5. The Morgan fingerprint density at radius 3 is 2.73 bits per heavy atom. The minimum absolute atomic E-state index is 0.0381. The third-order valence-electron chi connectivity index (χ3n) is 11.3. The molecule has 0 radical (unpaired) electrons. The zero-order valence-corrected chi connectivity index (χ0v) is 29.1. The van der Waals surface area contributed by atoms with Gasteiger partial charge in [-0.25, -0.2) is 4.98 Å². The highest BCUT2D eigenvalue weighted by molar-refractivity contribution is 5.84. The van der Waals surface area contributed by atoms with Gasteiger partial charge < -0.3 is 40.2 Å². The zero-order chi connectivity index (χ0) is 35.4. The number of nitrogens with two attached hydrogens (primary N) is 1. The molecule has 2 aliphatic carbocycles. The van der Waals surface area contributed by atoms with Crippen molar-refractivity contribution >= 4 is 17.9 Å². The number of nitrogen functional groups attached to an aromatic ring is 1. The maximum absolute atomic E-state index is 12.2. The summed E-state index contributed by atoms with van der Waals surface area (Å²) in [6, 6.07) is 15.2. The van der Waals surface area contributed by atoms with Crippen molar-refractivity contribution in [1.82, 2.24) is 10.3 Å². The summed E-state index contributed by atoms with van der Waals surface area (Å²) in [5.41, 5.74) is 13.5. The topological polar surface area (TPSA) is 145 Å². The largest absolute Gasteiger partial charge is 0.508 e. The first-order valence-electron chi connectivity index (χ1n) is 17.6. The molecular weight excluding hydrogens is 646 g/mol. The fourth-order valence-electron chi connectivity index (χ4n) is 8.99. The lowest BCUT2D eigenvalue weighted by Crippen LogP contribution is -2.31. The van der Waals surface area contributed by atoms with Crippen LogP contribution in [0.4, 0.5) is 5.82 Å². The van der Waals surface area contributed by atoms with E-state index >= 15 is 0 Å².